The molecule has 170 valence electrons. The molecule has 0 unspecified atom stereocenters. The Labute approximate surface area is 190 Å². The minimum absolute atomic E-state index is 0.0106. The number of para-hydroxylation sites is 2. The molecule has 0 aromatic heterocycles. The van der Waals surface area contributed by atoms with E-state index in [0.29, 0.717) is 28.5 Å². The number of nitrogens with zero attached hydrogens (tertiary/aromatic N) is 1. The molecular formula is C24H23N3O6. The molecule has 9 heteroatoms. The summed E-state index contributed by atoms with van der Waals surface area (Å²) in [4.78, 5) is 24.3. The molecule has 0 heterocycles. The van der Waals surface area contributed by atoms with Crippen LogP contribution in [0.25, 0.3) is 0 Å². The van der Waals surface area contributed by atoms with Crippen LogP contribution in [0, 0.1) is 0 Å². The van der Waals surface area contributed by atoms with Gasteiger partial charge in [-0.3, -0.25) is 9.59 Å². The van der Waals surface area contributed by atoms with Crippen molar-refractivity contribution in [3.05, 3.63) is 77.9 Å². The number of phenolic OH excluding ortho intramolecular Hbond substituents is 1. The lowest BCUT2D eigenvalue weighted by atomic mass is 10.2. The van der Waals surface area contributed by atoms with Crippen LogP contribution in [0.15, 0.2) is 71.8 Å². The van der Waals surface area contributed by atoms with Gasteiger partial charge in [0.2, 0.25) is 0 Å². The van der Waals surface area contributed by atoms with Crippen molar-refractivity contribution >= 4 is 23.7 Å². The average Bonchev–Trinajstić information content (AvgIpc) is 2.83. The van der Waals surface area contributed by atoms with Crippen molar-refractivity contribution in [1.82, 2.24) is 5.43 Å². The van der Waals surface area contributed by atoms with Gasteiger partial charge >= 0.3 is 0 Å². The first-order chi connectivity index (χ1) is 16.0. The molecule has 9 nitrogen and oxygen atoms in total. The Morgan fingerprint density at radius 1 is 0.939 bits per heavy atom. The molecular weight excluding hydrogens is 426 g/mol. The third-order valence-corrected chi connectivity index (χ3v) is 4.42. The topological polar surface area (TPSA) is 118 Å². The number of hydrazone groups is 1. The lowest BCUT2D eigenvalue weighted by molar-refractivity contribution is -0.118. The highest BCUT2D eigenvalue weighted by atomic mass is 16.5. The van der Waals surface area contributed by atoms with Gasteiger partial charge in [-0.2, -0.15) is 5.10 Å². The number of carbonyl (C=O) groups excluding carboxylic acids is 2. The van der Waals surface area contributed by atoms with E-state index in [0.717, 1.165) is 0 Å². The molecule has 0 saturated carbocycles. The average molecular weight is 449 g/mol. The maximum absolute atomic E-state index is 12.3. The number of benzene rings is 3. The Morgan fingerprint density at radius 3 is 2.48 bits per heavy atom. The number of aromatic hydroxyl groups is 1. The highest BCUT2D eigenvalue weighted by Crippen LogP contribution is 2.28. The maximum Gasteiger partial charge on any atom is 0.271 e. The molecule has 0 aliphatic carbocycles. The van der Waals surface area contributed by atoms with Crippen LogP contribution >= 0.6 is 0 Å². The predicted octanol–water partition coefficient (Wildman–Crippen LogP) is 3.19. The summed E-state index contributed by atoms with van der Waals surface area (Å²) >= 11 is 0. The van der Waals surface area contributed by atoms with Gasteiger partial charge in [-0.1, -0.05) is 18.2 Å². The van der Waals surface area contributed by atoms with Crippen molar-refractivity contribution in [3.63, 3.8) is 0 Å². The molecule has 0 aliphatic heterocycles. The molecule has 0 aliphatic rings. The van der Waals surface area contributed by atoms with Crippen molar-refractivity contribution in [2.24, 2.45) is 5.10 Å². The minimum atomic E-state index is -0.463. The smallest absolute Gasteiger partial charge is 0.271 e. The summed E-state index contributed by atoms with van der Waals surface area (Å²) in [5, 5.41) is 16.1. The molecule has 0 radical (unpaired) electrons. The first kappa shape index (κ1) is 23.1. The summed E-state index contributed by atoms with van der Waals surface area (Å²) < 4.78 is 16.1. The summed E-state index contributed by atoms with van der Waals surface area (Å²) in [5.41, 5.74) is 3.84. The zero-order valence-corrected chi connectivity index (χ0v) is 18.1. The highest BCUT2D eigenvalue weighted by molar-refractivity contribution is 5.95. The molecule has 0 fully saturated rings. The van der Waals surface area contributed by atoms with Crippen LogP contribution in [0.2, 0.25) is 0 Å². The number of anilines is 1. The van der Waals surface area contributed by atoms with E-state index < -0.39 is 5.91 Å². The fourth-order valence-electron chi connectivity index (χ4n) is 2.84. The fourth-order valence-corrected chi connectivity index (χ4v) is 2.84. The molecule has 0 spiro atoms. The second-order valence-electron chi connectivity index (χ2n) is 6.70. The molecule has 3 aromatic rings. The number of amides is 2. The lowest BCUT2D eigenvalue weighted by Gasteiger charge is -2.12. The van der Waals surface area contributed by atoms with Crippen LogP contribution in [0.5, 0.6) is 23.0 Å². The Balaban J connectivity index is 1.58. The molecule has 0 saturated heterocycles. The Morgan fingerprint density at radius 2 is 1.73 bits per heavy atom. The van der Waals surface area contributed by atoms with Gasteiger partial charge in [0.1, 0.15) is 11.5 Å². The molecule has 0 bridgehead atoms. The van der Waals surface area contributed by atoms with E-state index in [2.05, 4.69) is 15.8 Å². The van der Waals surface area contributed by atoms with Gasteiger partial charge in [0.25, 0.3) is 11.8 Å². The first-order valence-corrected chi connectivity index (χ1v) is 9.86. The van der Waals surface area contributed by atoms with Gasteiger partial charge in [-0.15, -0.1) is 0 Å². The van der Waals surface area contributed by atoms with Gasteiger partial charge in [-0.05, 0) is 54.1 Å². The number of rotatable bonds is 9. The summed E-state index contributed by atoms with van der Waals surface area (Å²) in [7, 11) is 3.00. The molecule has 33 heavy (non-hydrogen) atoms. The van der Waals surface area contributed by atoms with E-state index >= 15 is 0 Å². The molecule has 2 amide bonds. The minimum Gasteiger partial charge on any atom is -0.508 e. The SMILES string of the molecule is COc1ccccc1NC(=O)COc1ccc(/C=N/NC(=O)c2cccc(O)c2)cc1OC. The van der Waals surface area contributed by atoms with Crippen molar-refractivity contribution < 1.29 is 28.9 Å². The van der Waals surface area contributed by atoms with Crippen molar-refractivity contribution in [3.8, 4) is 23.0 Å². The van der Waals surface area contributed by atoms with Crippen LogP contribution in [-0.4, -0.2) is 44.0 Å². The van der Waals surface area contributed by atoms with E-state index in [1.165, 1.54) is 32.6 Å². The van der Waals surface area contributed by atoms with Crippen LogP contribution in [0.3, 0.4) is 0 Å². The largest absolute Gasteiger partial charge is 0.508 e. The molecule has 3 aromatic carbocycles. The zero-order valence-electron chi connectivity index (χ0n) is 18.1. The van der Waals surface area contributed by atoms with Gasteiger partial charge in [0.05, 0.1) is 26.1 Å². The van der Waals surface area contributed by atoms with Crippen molar-refractivity contribution in [1.29, 1.82) is 0 Å². The monoisotopic (exact) mass is 449 g/mol. The van der Waals surface area contributed by atoms with Gasteiger partial charge in [0.15, 0.2) is 18.1 Å². The third kappa shape index (κ3) is 6.47. The molecule has 0 atom stereocenters. The first-order valence-electron chi connectivity index (χ1n) is 9.86. The Bertz CT molecular complexity index is 1160. The van der Waals surface area contributed by atoms with Gasteiger partial charge in [-0.25, -0.2) is 5.43 Å². The van der Waals surface area contributed by atoms with Gasteiger partial charge < -0.3 is 24.6 Å². The maximum atomic E-state index is 12.3. The summed E-state index contributed by atoms with van der Waals surface area (Å²) in [6.07, 6.45) is 1.43. The van der Waals surface area contributed by atoms with Crippen LogP contribution < -0.4 is 25.0 Å². The predicted molar refractivity (Wildman–Crippen MR) is 123 cm³/mol. The number of ether oxygens (including phenoxy) is 3. The number of hydrogen-bond donors (Lipinski definition) is 3. The number of nitrogens with one attached hydrogen (secondary N) is 2. The van der Waals surface area contributed by atoms with E-state index in [1.54, 1.807) is 54.6 Å². The Kier molecular flexibility index (Phi) is 7.85. The summed E-state index contributed by atoms with van der Waals surface area (Å²) in [5.74, 6) is 0.473. The Hall–Kier alpha value is -4.53. The number of phenols is 1. The van der Waals surface area contributed by atoms with Crippen LogP contribution in [0.4, 0.5) is 5.69 Å². The normalized spacial score (nSPS) is 10.5. The highest BCUT2D eigenvalue weighted by Gasteiger charge is 2.11. The van der Waals surface area contributed by atoms with E-state index in [9.17, 15) is 14.7 Å². The number of methoxy groups -OCH3 is 2. The third-order valence-electron chi connectivity index (χ3n) is 4.42. The second-order valence-corrected chi connectivity index (χ2v) is 6.70. The molecule has 3 rings (SSSR count). The standard InChI is InChI=1S/C24H23N3O6/c1-31-20-9-4-3-8-19(20)26-23(29)15-33-21-11-10-16(12-22(21)32-2)14-25-27-24(30)17-6-5-7-18(28)13-17/h3-14,28H,15H2,1-2H3,(H,26,29)(H,27,30)/b25-14+. The van der Waals surface area contributed by atoms with E-state index in [-0.39, 0.29) is 23.8 Å². The number of hydrogen-bond acceptors (Lipinski definition) is 7. The van der Waals surface area contributed by atoms with Crippen LogP contribution in [0.1, 0.15) is 15.9 Å². The summed E-state index contributed by atoms with van der Waals surface area (Å²) in [6.45, 7) is -0.234. The fraction of sp³-hybridized carbons (Fsp3) is 0.125. The van der Waals surface area contributed by atoms with Crippen molar-refractivity contribution in [2.45, 2.75) is 0 Å². The van der Waals surface area contributed by atoms with E-state index in [1.807, 2.05) is 0 Å². The lowest BCUT2D eigenvalue weighted by Crippen LogP contribution is -2.20. The zero-order chi connectivity index (χ0) is 23.6. The molecule has 3 N–H and O–H groups in total. The quantitative estimate of drug-likeness (QED) is 0.341. The second kappa shape index (κ2) is 11.2. The number of carbonyl (C=O) groups is 2. The summed E-state index contributed by atoms with van der Waals surface area (Å²) in [6, 6.07) is 18.0. The van der Waals surface area contributed by atoms with Crippen LogP contribution in [-0.2, 0) is 4.79 Å². The van der Waals surface area contributed by atoms with Crippen molar-refractivity contribution in [2.75, 3.05) is 26.1 Å². The van der Waals surface area contributed by atoms with E-state index in [4.69, 9.17) is 14.2 Å². The van der Waals surface area contributed by atoms with Gasteiger partial charge in [0, 0.05) is 5.56 Å².